The van der Waals surface area contributed by atoms with Crippen LogP contribution in [0.5, 0.6) is 0 Å². The molecule has 0 unspecified atom stereocenters. The molecule has 0 aromatic carbocycles. The Morgan fingerprint density at radius 3 is 2.57 bits per heavy atom. The Morgan fingerprint density at radius 2 is 2.04 bits per heavy atom. The number of hydrogen-bond acceptors (Lipinski definition) is 4. The van der Waals surface area contributed by atoms with E-state index in [4.69, 9.17) is 9.15 Å². The first-order chi connectivity index (χ1) is 13.2. The number of carbonyl (C=O) groups excluding carboxylic acids is 2. The Bertz CT molecular complexity index is 615. The van der Waals surface area contributed by atoms with Crippen molar-refractivity contribution >= 4 is 11.8 Å². The third kappa shape index (κ3) is 6.97. The summed E-state index contributed by atoms with van der Waals surface area (Å²) in [7, 11) is 0. The summed E-state index contributed by atoms with van der Waals surface area (Å²) in [5, 5.41) is 0. The third-order valence-corrected chi connectivity index (χ3v) is 5.16. The van der Waals surface area contributed by atoms with Crippen LogP contribution < -0.4 is 0 Å². The fourth-order valence-electron chi connectivity index (χ4n) is 3.39. The molecule has 0 saturated carbocycles. The van der Waals surface area contributed by atoms with Crippen molar-refractivity contribution in [2.45, 2.75) is 79.0 Å². The predicted molar refractivity (Wildman–Crippen MR) is 109 cm³/mol. The third-order valence-electron chi connectivity index (χ3n) is 5.16. The molecular weight excluding hydrogens is 356 g/mol. The van der Waals surface area contributed by atoms with Gasteiger partial charge in [0.2, 0.25) is 11.8 Å². The second kappa shape index (κ2) is 10.1. The lowest BCUT2D eigenvalue weighted by Gasteiger charge is -2.33. The smallest absolute Gasteiger partial charge is 0.242 e. The zero-order valence-corrected chi connectivity index (χ0v) is 18.1. The number of nitrogens with zero attached hydrogens (tertiary/aromatic N) is 2. The van der Waals surface area contributed by atoms with Crippen molar-refractivity contribution in [1.82, 2.24) is 9.80 Å². The number of rotatable bonds is 9. The number of carbonyl (C=O) groups is 2. The molecule has 2 rings (SSSR count). The van der Waals surface area contributed by atoms with E-state index in [1.54, 1.807) is 16.1 Å². The van der Waals surface area contributed by atoms with E-state index in [0.717, 1.165) is 31.6 Å². The minimum absolute atomic E-state index is 0.0204. The molecule has 28 heavy (non-hydrogen) atoms. The van der Waals surface area contributed by atoms with Gasteiger partial charge in [-0.25, -0.2) is 0 Å². The monoisotopic (exact) mass is 392 g/mol. The van der Waals surface area contributed by atoms with Crippen molar-refractivity contribution in [3.63, 3.8) is 0 Å². The van der Waals surface area contributed by atoms with Crippen LogP contribution in [-0.2, 0) is 20.9 Å². The van der Waals surface area contributed by atoms with Crippen LogP contribution in [0.25, 0.3) is 0 Å². The minimum Gasteiger partial charge on any atom is -0.467 e. The lowest BCUT2D eigenvalue weighted by Crippen LogP contribution is -2.48. The molecule has 2 heterocycles. The molecule has 0 bridgehead atoms. The summed E-state index contributed by atoms with van der Waals surface area (Å²) in [6.07, 6.45) is 4.89. The van der Waals surface area contributed by atoms with Gasteiger partial charge in [0.05, 0.1) is 18.9 Å². The Balaban J connectivity index is 2.11. The highest BCUT2D eigenvalue weighted by Crippen LogP contribution is 2.22. The molecule has 0 aliphatic carbocycles. The van der Waals surface area contributed by atoms with Gasteiger partial charge < -0.3 is 19.0 Å². The van der Waals surface area contributed by atoms with Crippen LogP contribution in [0.1, 0.15) is 66.1 Å². The molecule has 6 nitrogen and oxygen atoms in total. The lowest BCUT2D eigenvalue weighted by atomic mass is 9.91. The second-order valence-electron chi connectivity index (χ2n) is 9.00. The molecule has 6 heteroatoms. The normalized spacial score (nSPS) is 18.1. The average molecular weight is 393 g/mol. The summed E-state index contributed by atoms with van der Waals surface area (Å²) in [6.45, 7) is 11.9. The van der Waals surface area contributed by atoms with Crippen molar-refractivity contribution in [2.75, 3.05) is 19.7 Å². The molecule has 1 aliphatic rings. The van der Waals surface area contributed by atoms with E-state index in [1.807, 2.05) is 46.8 Å². The van der Waals surface area contributed by atoms with Crippen LogP contribution in [0.15, 0.2) is 22.8 Å². The number of hydrogen-bond donors (Lipinski definition) is 0. The van der Waals surface area contributed by atoms with Gasteiger partial charge in [0.15, 0.2) is 0 Å². The summed E-state index contributed by atoms with van der Waals surface area (Å²) >= 11 is 0. The average Bonchev–Trinajstić information content (AvgIpc) is 3.30. The Hall–Kier alpha value is -1.82. The highest BCUT2D eigenvalue weighted by Gasteiger charge is 2.29. The summed E-state index contributed by atoms with van der Waals surface area (Å²) in [5.74, 6) is 0.710. The molecule has 158 valence electrons. The standard InChI is InChI=1S/C22H36N2O4/c1-6-17(2)24(20(25)13-22(3,4)5)16-21(26)23(14-18-9-7-11-27-18)15-19-10-8-12-28-19/h7,9,11,17,19H,6,8,10,12-16H2,1-5H3/t17-,19+/m0/s1. The van der Waals surface area contributed by atoms with Gasteiger partial charge in [-0.1, -0.05) is 27.7 Å². The fraction of sp³-hybridized carbons (Fsp3) is 0.727. The van der Waals surface area contributed by atoms with Crippen LogP contribution in [-0.4, -0.2) is 53.5 Å². The predicted octanol–water partition coefficient (Wildman–Crippen LogP) is 3.85. The van der Waals surface area contributed by atoms with Crippen LogP contribution in [0.2, 0.25) is 0 Å². The molecule has 1 fully saturated rings. The molecule has 0 radical (unpaired) electrons. The maximum atomic E-state index is 13.2. The Morgan fingerprint density at radius 1 is 1.29 bits per heavy atom. The summed E-state index contributed by atoms with van der Waals surface area (Å²) in [6, 6.07) is 3.71. The van der Waals surface area contributed by atoms with Crippen LogP contribution in [0.4, 0.5) is 0 Å². The van der Waals surface area contributed by atoms with Crippen molar-refractivity contribution in [2.24, 2.45) is 5.41 Å². The van der Waals surface area contributed by atoms with E-state index in [-0.39, 0.29) is 35.9 Å². The van der Waals surface area contributed by atoms with E-state index < -0.39 is 0 Å². The molecule has 1 aliphatic heterocycles. The summed E-state index contributed by atoms with van der Waals surface area (Å²) in [5.41, 5.74) is -0.114. The SMILES string of the molecule is CC[C@H](C)N(CC(=O)N(Cc1ccco1)C[C@H]1CCCO1)C(=O)CC(C)(C)C. The van der Waals surface area contributed by atoms with Crippen LogP contribution in [0.3, 0.4) is 0 Å². The number of ether oxygens (including phenoxy) is 1. The molecule has 1 aromatic heterocycles. The molecule has 2 atom stereocenters. The van der Waals surface area contributed by atoms with E-state index in [1.165, 1.54) is 0 Å². The molecular formula is C22H36N2O4. The summed E-state index contributed by atoms with van der Waals surface area (Å²) < 4.78 is 11.2. The fourth-order valence-corrected chi connectivity index (χ4v) is 3.39. The van der Waals surface area contributed by atoms with Gasteiger partial charge in [0, 0.05) is 25.6 Å². The quantitative estimate of drug-likeness (QED) is 0.640. The van der Waals surface area contributed by atoms with E-state index in [2.05, 4.69) is 0 Å². The van der Waals surface area contributed by atoms with Gasteiger partial charge in [-0.3, -0.25) is 9.59 Å². The first-order valence-electron chi connectivity index (χ1n) is 10.4. The van der Waals surface area contributed by atoms with Gasteiger partial charge in [-0.05, 0) is 43.7 Å². The minimum atomic E-state index is -0.114. The first-order valence-corrected chi connectivity index (χ1v) is 10.4. The van der Waals surface area contributed by atoms with Crippen molar-refractivity contribution < 1.29 is 18.7 Å². The highest BCUT2D eigenvalue weighted by atomic mass is 16.5. The largest absolute Gasteiger partial charge is 0.467 e. The highest BCUT2D eigenvalue weighted by molar-refractivity contribution is 5.85. The van der Waals surface area contributed by atoms with Gasteiger partial charge in [0.1, 0.15) is 12.3 Å². The van der Waals surface area contributed by atoms with Gasteiger partial charge in [-0.2, -0.15) is 0 Å². The molecule has 0 N–H and O–H groups in total. The maximum absolute atomic E-state index is 13.2. The van der Waals surface area contributed by atoms with Crippen molar-refractivity contribution in [1.29, 1.82) is 0 Å². The first kappa shape index (κ1) is 22.5. The zero-order chi connectivity index (χ0) is 20.7. The Kier molecular flexibility index (Phi) is 8.10. The zero-order valence-electron chi connectivity index (χ0n) is 18.1. The second-order valence-corrected chi connectivity index (χ2v) is 9.00. The molecule has 0 spiro atoms. The molecule has 1 aromatic rings. The number of furan rings is 1. The van der Waals surface area contributed by atoms with E-state index in [0.29, 0.717) is 19.5 Å². The van der Waals surface area contributed by atoms with E-state index in [9.17, 15) is 9.59 Å². The number of amides is 2. The summed E-state index contributed by atoms with van der Waals surface area (Å²) in [4.78, 5) is 29.6. The molecule has 1 saturated heterocycles. The topological polar surface area (TPSA) is 63.0 Å². The van der Waals surface area contributed by atoms with Gasteiger partial charge >= 0.3 is 0 Å². The van der Waals surface area contributed by atoms with Crippen molar-refractivity contribution in [3.8, 4) is 0 Å². The van der Waals surface area contributed by atoms with Crippen molar-refractivity contribution in [3.05, 3.63) is 24.2 Å². The molecule has 2 amide bonds. The van der Waals surface area contributed by atoms with Crippen LogP contribution >= 0.6 is 0 Å². The Labute approximate surface area is 169 Å². The van der Waals surface area contributed by atoms with Crippen LogP contribution in [0, 0.1) is 5.41 Å². The maximum Gasteiger partial charge on any atom is 0.242 e. The van der Waals surface area contributed by atoms with E-state index >= 15 is 0 Å². The van der Waals surface area contributed by atoms with Gasteiger partial charge in [-0.15, -0.1) is 0 Å². The van der Waals surface area contributed by atoms with Gasteiger partial charge in [0.25, 0.3) is 0 Å². The lowest BCUT2D eigenvalue weighted by molar-refractivity contribution is -0.144.